The number of carbonyl (C=O) groups is 3. The molecule has 7 nitrogen and oxygen atoms in total. The van der Waals surface area contributed by atoms with Gasteiger partial charge >= 0.3 is 11.8 Å². The zero-order chi connectivity index (χ0) is 13.5. The lowest BCUT2D eigenvalue weighted by Crippen LogP contribution is -2.47. The highest BCUT2D eigenvalue weighted by molar-refractivity contribution is 6.34. The van der Waals surface area contributed by atoms with Gasteiger partial charge in [0.05, 0.1) is 12.2 Å². The third-order valence-electron chi connectivity index (χ3n) is 1.94. The molecule has 0 atom stereocenters. The van der Waals surface area contributed by atoms with Gasteiger partial charge in [-0.1, -0.05) is 12.1 Å². The quantitative estimate of drug-likeness (QED) is 0.488. The van der Waals surface area contributed by atoms with Crippen molar-refractivity contribution in [2.45, 2.75) is 6.92 Å². The number of para-hydroxylation sites is 1. The minimum atomic E-state index is -1.19. The molecule has 7 heteroatoms. The average molecular weight is 251 g/mol. The lowest BCUT2D eigenvalue weighted by Gasteiger charge is -2.10. The van der Waals surface area contributed by atoms with Crippen molar-refractivity contribution in [2.75, 3.05) is 6.61 Å². The molecule has 0 bridgehead atoms. The lowest BCUT2D eigenvalue weighted by atomic mass is 10.2. The van der Waals surface area contributed by atoms with E-state index in [9.17, 15) is 14.4 Å². The first kappa shape index (κ1) is 13.5. The summed E-state index contributed by atoms with van der Waals surface area (Å²) in [6.07, 6.45) is 0. The summed E-state index contributed by atoms with van der Waals surface area (Å²) in [6.45, 7) is 2.18. The summed E-state index contributed by atoms with van der Waals surface area (Å²) >= 11 is 0. The van der Waals surface area contributed by atoms with Crippen molar-refractivity contribution in [3.05, 3.63) is 29.8 Å². The number of carbonyl (C=O) groups excluding carboxylic acids is 3. The molecule has 4 N–H and O–H groups in total. The standard InChI is InChI=1S/C11H13N3O4/c1-2-18-8-6-4-3-5-7(8)10(16)13-14-11(17)9(12)15/h3-6H,2H2,1H3,(H2,12,15)(H,13,16)(H,14,17). The second-order valence-corrected chi connectivity index (χ2v) is 3.20. The minimum absolute atomic E-state index is 0.240. The monoisotopic (exact) mass is 251 g/mol. The predicted octanol–water partition coefficient (Wildman–Crippen LogP) is -0.668. The topological polar surface area (TPSA) is 111 Å². The van der Waals surface area contributed by atoms with Crippen LogP contribution in [0, 0.1) is 0 Å². The largest absolute Gasteiger partial charge is 0.493 e. The van der Waals surface area contributed by atoms with Crippen molar-refractivity contribution in [3.8, 4) is 5.75 Å². The van der Waals surface area contributed by atoms with Gasteiger partial charge in [-0.05, 0) is 19.1 Å². The van der Waals surface area contributed by atoms with E-state index >= 15 is 0 Å². The molecule has 3 amide bonds. The fourth-order valence-corrected chi connectivity index (χ4v) is 1.18. The molecule has 0 saturated heterocycles. The molecule has 0 heterocycles. The molecule has 96 valence electrons. The lowest BCUT2D eigenvalue weighted by molar-refractivity contribution is -0.137. The van der Waals surface area contributed by atoms with E-state index in [1.54, 1.807) is 25.1 Å². The van der Waals surface area contributed by atoms with Gasteiger partial charge in [0.15, 0.2) is 0 Å². The van der Waals surface area contributed by atoms with E-state index in [0.717, 1.165) is 0 Å². The Kier molecular flexibility index (Phi) is 4.67. The van der Waals surface area contributed by atoms with Crippen LogP contribution in [0.3, 0.4) is 0 Å². The van der Waals surface area contributed by atoms with Crippen molar-refractivity contribution in [1.82, 2.24) is 10.9 Å². The van der Waals surface area contributed by atoms with E-state index in [-0.39, 0.29) is 5.56 Å². The Morgan fingerprint density at radius 1 is 1.22 bits per heavy atom. The van der Waals surface area contributed by atoms with E-state index in [4.69, 9.17) is 10.5 Å². The van der Waals surface area contributed by atoms with Gasteiger partial charge in [0, 0.05) is 0 Å². The van der Waals surface area contributed by atoms with Gasteiger partial charge in [0.2, 0.25) is 0 Å². The first-order valence-electron chi connectivity index (χ1n) is 5.18. The maximum absolute atomic E-state index is 11.7. The van der Waals surface area contributed by atoms with E-state index in [1.165, 1.54) is 6.07 Å². The van der Waals surface area contributed by atoms with Gasteiger partial charge < -0.3 is 10.5 Å². The Morgan fingerprint density at radius 3 is 2.50 bits per heavy atom. The first-order chi connectivity index (χ1) is 8.56. The number of hydrazine groups is 1. The van der Waals surface area contributed by atoms with E-state index in [0.29, 0.717) is 12.4 Å². The van der Waals surface area contributed by atoms with Crippen LogP contribution in [0.5, 0.6) is 5.75 Å². The molecule has 0 aliphatic rings. The van der Waals surface area contributed by atoms with Gasteiger partial charge in [-0.3, -0.25) is 25.2 Å². The molecule has 0 aromatic heterocycles. The van der Waals surface area contributed by atoms with Crippen LogP contribution in [0.4, 0.5) is 0 Å². The Labute approximate surface area is 103 Å². The minimum Gasteiger partial charge on any atom is -0.493 e. The van der Waals surface area contributed by atoms with Gasteiger partial charge in [-0.15, -0.1) is 0 Å². The summed E-state index contributed by atoms with van der Waals surface area (Å²) in [5.41, 5.74) is 8.89. The maximum atomic E-state index is 11.7. The van der Waals surface area contributed by atoms with Crippen molar-refractivity contribution in [1.29, 1.82) is 0 Å². The van der Waals surface area contributed by atoms with Crippen molar-refractivity contribution in [2.24, 2.45) is 5.73 Å². The van der Waals surface area contributed by atoms with E-state index < -0.39 is 17.7 Å². The van der Waals surface area contributed by atoms with Crippen LogP contribution in [-0.4, -0.2) is 24.3 Å². The molecule has 1 aromatic rings. The Morgan fingerprint density at radius 2 is 1.89 bits per heavy atom. The summed E-state index contributed by atoms with van der Waals surface area (Å²) in [5.74, 6) is -2.51. The van der Waals surface area contributed by atoms with Crippen LogP contribution in [0.15, 0.2) is 24.3 Å². The van der Waals surface area contributed by atoms with Gasteiger partial charge in [0.1, 0.15) is 5.75 Å². The van der Waals surface area contributed by atoms with Crippen LogP contribution >= 0.6 is 0 Å². The molecular weight excluding hydrogens is 238 g/mol. The molecule has 0 unspecified atom stereocenters. The zero-order valence-corrected chi connectivity index (χ0v) is 9.73. The number of ether oxygens (including phenoxy) is 1. The highest BCUT2D eigenvalue weighted by Crippen LogP contribution is 2.17. The predicted molar refractivity (Wildman–Crippen MR) is 62.4 cm³/mol. The summed E-state index contributed by atoms with van der Waals surface area (Å²) in [7, 11) is 0. The third-order valence-corrected chi connectivity index (χ3v) is 1.94. The average Bonchev–Trinajstić information content (AvgIpc) is 2.36. The van der Waals surface area contributed by atoms with E-state index in [1.807, 2.05) is 5.43 Å². The first-order valence-corrected chi connectivity index (χ1v) is 5.18. The Hall–Kier alpha value is -2.57. The molecule has 1 rings (SSSR count). The second kappa shape index (κ2) is 6.24. The number of nitrogens with two attached hydrogens (primary N) is 1. The number of hydrogen-bond acceptors (Lipinski definition) is 4. The van der Waals surface area contributed by atoms with Gasteiger partial charge in [-0.2, -0.15) is 0 Å². The smallest absolute Gasteiger partial charge is 0.327 e. The summed E-state index contributed by atoms with van der Waals surface area (Å²) in [5, 5.41) is 0. The number of primary amides is 1. The van der Waals surface area contributed by atoms with Crippen LogP contribution in [0.1, 0.15) is 17.3 Å². The van der Waals surface area contributed by atoms with Gasteiger partial charge in [-0.25, -0.2) is 0 Å². The van der Waals surface area contributed by atoms with Crippen molar-refractivity contribution in [3.63, 3.8) is 0 Å². The Bertz CT molecular complexity index is 473. The van der Waals surface area contributed by atoms with Crippen LogP contribution in [-0.2, 0) is 9.59 Å². The molecule has 0 saturated carbocycles. The maximum Gasteiger partial charge on any atom is 0.327 e. The van der Waals surface area contributed by atoms with Crippen molar-refractivity contribution >= 4 is 17.7 Å². The summed E-state index contributed by atoms with van der Waals surface area (Å²) in [6, 6.07) is 6.50. The molecule has 0 spiro atoms. The fourth-order valence-electron chi connectivity index (χ4n) is 1.18. The number of rotatable bonds is 3. The molecule has 0 aliphatic heterocycles. The molecule has 0 radical (unpaired) electrons. The second-order valence-electron chi connectivity index (χ2n) is 3.20. The molecule has 0 aliphatic carbocycles. The number of nitrogens with one attached hydrogen (secondary N) is 2. The zero-order valence-electron chi connectivity index (χ0n) is 9.73. The molecular formula is C11H13N3O4. The SMILES string of the molecule is CCOc1ccccc1C(=O)NNC(=O)C(N)=O. The normalized spacial score (nSPS) is 9.39. The van der Waals surface area contributed by atoms with Crippen LogP contribution in [0.2, 0.25) is 0 Å². The molecule has 1 aromatic carbocycles. The number of hydrogen-bond donors (Lipinski definition) is 3. The van der Waals surface area contributed by atoms with Crippen LogP contribution < -0.4 is 21.3 Å². The van der Waals surface area contributed by atoms with Gasteiger partial charge in [0.25, 0.3) is 5.91 Å². The van der Waals surface area contributed by atoms with Crippen LogP contribution in [0.25, 0.3) is 0 Å². The number of amides is 3. The highest BCUT2D eigenvalue weighted by Gasteiger charge is 2.14. The molecule has 18 heavy (non-hydrogen) atoms. The number of benzene rings is 1. The summed E-state index contributed by atoms with van der Waals surface area (Å²) in [4.78, 5) is 33.0. The fraction of sp³-hybridized carbons (Fsp3) is 0.182. The highest BCUT2D eigenvalue weighted by atomic mass is 16.5. The van der Waals surface area contributed by atoms with Crippen molar-refractivity contribution < 1.29 is 19.1 Å². The Balaban J connectivity index is 2.72. The summed E-state index contributed by atoms with van der Waals surface area (Å²) < 4.78 is 5.25. The van der Waals surface area contributed by atoms with E-state index in [2.05, 4.69) is 5.43 Å². The third kappa shape index (κ3) is 3.48. The molecule has 0 fully saturated rings.